The summed E-state index contributed by atoms with van der Waals surface area (Å²) < 4.78 is 9.33. The average Bonchev–Trinajstić information content (AvgIpc) is 2.74. The van der Waals surface area contributed by atoms with E-state index in [-0.39, 0.29) is 5.97 Å². The molecule has 0 unspecified atom stereocenters. The van der Waals surface area contributed by atoms with Crippen molar-refractivity contribution in [1.29, 1.82) is 0 Å². The van der Waals surface area contributed by atoms with E-state index in [0.717, 1.165) is 15.8 Å². The first kappa shape index (κ1) is 9.79. The number of hydrogen-bond acceptors (Lipinski definition) is 5. The van der Waals surface area contributed by atoms with Gasteiger partial charge in [-0.1, -0.05) is 16.6 Å². The van der Waals surface area contributed by atoms with Crippen molar-refractivity contribution in [3.05, 3.63) is 29.8 Å². The highest BCUT2D eigenvalue weighted by atomic mass is 32.1. The van der Waals surface area contributed by atoms with Crippen LogP contribution in [0.5, 0.6) is 0 Å². The number of aromatic nitrogens is 2. The molecule has 1 aromatic carbocycles. The molecule has 1 aromatic heterocycles. The van der Waals surface area contributed by atoms with Crippen LogP contribution in [-0.4, -0.2) is 22.7 Å². The van der Waals surface area contributed by atoms with E-state index < -0.39 is 0 Å². The van der Waals surface area contributed by atoms with E-state index >= 15 is 0 Å². The second kappa shape index (κ2) is 4.18. The number of nitrogens with zero attached hydrogens (tertiary/aromatic N) is 2. The van der Waals surface area contributed by atoms with Gasteiger partial charge in [-0.05, 0) is 29.2 Å². The average molecular weight is 220 g/mol. The van der Waals surface area contributed by atoms with Crippen molar-refractivity contribution >= 4 is 33.8 Å². The minimum Gasteiger partial charge on any atom is -0.466 e. The number of rotatable bonds is 2. The van der Waals surface area contributed by atoms with Crippen LogP contribution in [0.1, 0.15) is 5.56 Å². The Morgan fingerprint density at radius 3 is 3.20 bits per heavy atom. The number of methoxy groups -OCH3 is 1. The van der Waals surface area contributed by atoms with Gasteiger partial charge in [0.1, 0.15) is 5.52 Å². The molecule has 0 aliphatic heterocycles. The standard InChI is InChI=1S/C10H8N2O2S/c1-14-9(13)6-5-7-3-2-4-8-10(7)15-12-11-8/h2-6H,1H3/b6-5+. The number of fused-ring (bicyclic) bond motifs is 1. The molecule has 2 rings (SSSR count). The van der Waals surface area contributed by atoms with Crippen LogP contribution < -0.4 is 0 Å². The molecular weight excluding hydrogens is 212 g/mol. The van der Waals surface area contributed by atoms with Crippen molar-refractivity contribution < 1.29 is 9.53 Å². The molecule has 0 spiro atoms. The smallest absolute Gasteiger partial charge is 0.330 e. The number of ether oxygens (including phenoxy) is 1. The molecule has 76 valence electrons. The fourth-order valence-electron chi connectivity index (χ4n) is 1.18. The molecule has 4 nitrogen and oxygen atoms in total. The Kier molecular flexibility index (Phi) is 2.73. The third-order valence-corrected chi connectivity index (χ3v) is 2.70. The molecule has 0 amide bonds. The van der Waals surface area contributed by atoms with Crippen molar-refractivity contribution in [2.75, 3.05) is 7.11 Å². The molecule has 0 bridgehead atoms. The molecule has 1 heterocycles. The first-order valence-electron chi connectivity index (χ1n) is 4.28. The summed E-state index contributed by atoms with van der Waals surface area (Å²) in [5.74, 6) is -0.371. The number of carbonyl (C=O) groups excluding carboxylic acids is 1. The van der Waals surface area contributed by atoms with Crippen LogP contribution in [0.3, 0.4) is 0 Å². The van der Waals surface area contributed by atoms with E-state index in [0.29, 0.717) is 0 Å². The van der Waals surface area contributed by atoms with Gasteiger partial charge < -0.3 is 4.74 Å². The first-order chi connectivity index (χ1) is 7.31. The zero-order valence-electron chi connectivity index (χ0n) is 8.01. The molecular formula is C10H8N2O2S. The quantitative estimate of drug-likeness (QED) is 0.572. The zero-order valence-corrected chi connectivity index (χ0v) is 8.82. The number of esters is 1. The molecule has 0 fully saturated rings. The maximum atomic E-state index is 10.9. The molecule has 0 aliphatic carbocycles. The summed E-state index contributed by atoms with van der Waals surface area (Å²) in [5.41, 5.74) is 1.76. The van der Waals surface area contributed by atoms with Crippen molar-refractivity contribution in [2.45, 2.75) is 0 Å². The third-order valence-electron chi connectivity index (χ3n) is 1.91. The largest absolute Gasteiger partial charge is 0.466 e. The van der Waals surface area contributed by atoms with Crippen LogP contribution in [0.2, 0.25) is 0 Å². The summed E-state index contributed by atoms with van der Waals surface area (Å²) in [7, 11) is 1.35. The van der Waals surface area contributed by atoms with Gasteiger partial charge in [-0.3, -0.25) is 0 Å². The van der Waals surface area contributed by atoms with Gasteiger partial charge in [-0.2, -0.15) is 0 Å². The Bertz CT molecular complexity index is 519. The second-order valence-electron chi connectivity index (χ2n) is 2.82. The van der Waals surface area contributed by atoms with Gasteiger partial charge in [0.2, 0.25) is 0 Å². The maximum absolute atomic E-state index is 10.9. The number of hydrogen-bond donors (Lipinski definition) is 0. The summed E-state index contributed by atoms with van der Waals surface area (Å²) in [6.45, 7) is 0. The van der Waals surface area contributed by atoms with Crippen LogP contribution in [0, 0.1) is 0 Å². The number of carbonyl (C=O) groups is 1. The van der Waals surface area contributed by atoms with Crippen molar-refractivity contribution in [2.24, 2.45) is 0 Å². The van der Waals surface area contributed by atoms with Crippen molar-refractivity contribution in [3.63, 3.8) is 0 Å². The lowest BCUT2D eigenvalue weighted by Crippen LogP contribution is -1.93. The topological polar surface area (TPSA) is 52.1 Å². The SMILES string of the molecule is COC(=O)/C=C/c1cccc2nnsc12. The Morgan fingerprint density at radius 1 is 1.53 bits per heavy atom. The molecule has 0 saturated heterocycles. The van der Waals surface area contributed by atoms with E-state index in [4.69, 9.17) is 0 Å². The molecule has 15 heavy (non-hydrogen) atoms. The van der Waals surface area contributed by atoms with E-state index in [2.05, 4.69) is 14.3 Å². The fraction of sp³-hybridized carbons (Fsp3) is 0.100. The highest BCUT2D eigenvalue weighted by Crippen LogP contribution is 2.21. The monoisotopic (exact) mass is 220 g/mol. The van der Waals surface area contributed by atoms with Crippen LogP contribution in [0.25, 0.3) is 16.3 Å². The van der Waals surface area contributed by atoms with Crippen molar-refractivity contribution in [1.82, 2.24) is 9.59 Å². The molecule has 0 saturated carbocycles. The zero-order chi connectivity index (χ0) is 10.7. The van der Waals surface area contributed by atoms with E-state index in [1.165, 1.54) is 24.7 Å². The number of benzene rings is 1. The predicted octanol–water partition coefficient (Wildman–Crippen LogP) is 1.88. The van der Waals surface area contributed by atoms with Crippen LogP contribution in [0.4, 0.5) is 0 Å². The Morgan fingerprint density at radius 2 is 2.40 bits per heavy atom. The summed E-state index contributed by atoms with van der Waals surface area (Å²) in [6, 6.07) is 5.66. The molecule has 0 radical (unpaired) electrons. The fourth-order valence-corrected chi connectivity index (χ4v) is 1.84. The van der Waals surface area contributed by atoms with E-state index in [9.17, 15) is 4.79 Å². The molecule has 0 atom stereocenters. The van der Waals surface area contributed by atoms with Gasteiger partial charge in [0.15, 0.2) is 0 Å². The summed E-state index contributed by atoms with van der Waals surface area (Å²) >= 11 is 1.31. The lowest BCUT2D eigenvalue weighted by atomic mass is 10.2. The maximum Gasteiger partial charge on any atom is 0.330 e. The van der Waals surface area contributed by atoms with E-state index in [1.807, 2.05) is 18.2 Å². The summed E-state index contributed by atoms with van der Waals surface area (Å²) in [6.07, 6.45) is 3.09. The van der Waals surface area contributed by atoms with Crippen LogP contribution in [0.15, 0.2) is 24.3 Å². The van der Waals surface area contributed by atoms with Gasteiger partial charge in [0.05, 0.1) is 11.8 Å². The van der Waals surface area contributed by atoms with Gasteiger partial charge in [-0.25, -0.2) is 4.79 Å². The predicted molar refractivity (Wildman–Crippen MR) is 58.5 cm³/mol. The molecule has 2 aromatic rings. The minimum absolute atomic E-state index is 0.371. The van der Waals surface area contributed by atoms with Gasteiger partial charge >= 0.3 is 5.97 Å². The summed E-state index contributed by atoms with van der Waals surface area (Å²) in [4.78, 5) is 10.9. The van der Waals surface area contributed by atoms with Gasteiger partial charge in [-0.15, -0.1) is 5.10 Å². The normalized spacial score (nSPS) is 11.0. The highest BCUT2D eigenvalue weighted by Gasteiger charge is 2.01. The second-order valence-corrected chi connectivity index (χ2v) is 3.58. The van der Waals surface area contributed by atoms with Crippen molar-refractivity contribution in [3.8, 4) is 0 Å². The lowest BCUT2D eigenvalue weighted by Gasteiger charge is -1.93. The first-order valence-corrected chi connectivity index (χ1v) is 5.05. The van der Waals surface area contributed by atoms with Crippen LogP contribution >= 0.6 is 11.5 Å². The van der Waals surface area contributed by atoms with Gasteiger partial charge in [0, 0.05) is 6.08 Å². The molecule has 5 heteroatoms. The Labute approximate surface area is 90.3 Å². The highest BCUT2D eigenvalue weighted by molar-refractivity contribution is 7.13. The third kappa shape index (κ3) is 2.02. The molecule has 0 aliphatic rings. The molecule has 0 N–H and O–H groups in total. The van der Waals surface area contributed by atoms with Crippen LogP contribution in [-0.2, 0) is 9.53 Å². The van der Waals surface area contributed by atoms with E-state index in [1.54, 1.807) is 6.08 Å². The Balaban J connectivity index is 2.39. The van der Waals surface area contributed by atoms with Gasteiger partial charge in [0.25, 0.3) is 0 Å². The minimum atomic E-state index is -0.371. The lowest BCUT2D eigenvalue weighted by molar-refractivity contribution is -0.134. The summed E-state index contributed by atoms with van der Waals surface area (Å²) in [5, 5.41) is 3.95. The Hall–Kier alpha value is -1.75.